The van der Waals surface area contributed by atoms with Gasteiger partial charge in [0.25, 0.3) is 11.8 Å². The van der Waals surface area contributed by atoms with Gasteiger partial charge in [-0.2, -0.15) is 5.01 Å². The lowest BCUT2D eigenvalue weighted by molar-refractivity contribution is -0.123. The number of nitrogens with one attached hydrogen (secondary N) is 1. The Morgan fingerprint density at radius 1 is 1.08 bits per heavy atom. The van der Waals surface area contributed by atoms with Gasteiger partial charge in [0.1, 0.15) is 12.4 Å². The molecule has 0 aromatic heterocycles. The molecule has 3 aromatic carbocycles. The predicted molar refractivity (Wildman–Crippen MR) is 150 cm³/mol. The van der Waals surface area contributed by atoms with Gasteiger partial charge >= 0.3 is 0 Å². The normalized spacial score (nSPS) is 14.9. The summed E-state index contributed by atoms with van der Waals surface area (Å²) in [6, 6.07) is 22.4. The molecule has 3 aromatic rings. The highest BCUT2D eigenvalue weighted by atomic mass is 35.5. The molecule has 1 saturated heterocycles. The Morgan fingerprint density at radius 2 is 1.78 bits per heavy atom. The summed E-state index contributed by atoms with van der Waals surface area (Å²) in [4.78, 5) is 25.8. The molecule has 36 heavy (non-hydrogen) atoms. The maximum absolute atomic E-state index is 12.9. The van der Waals surface area contributed by atoms with Gasteiger partial charge in [0.05, 0.1) is 4.91 Å². The van der Waals surface area contributed by atoms with Gasteiger partial charge in [0.15, 0.2) is 4.32 Å². The average Bonchev–Trinajstić information content (AvgIpc) is 3.10. The van der Waals surface area contributed by atoms with Gasteiger partial charge in [-0.15, -0.1) is 0 Å². The summed E-state index contributed by atoms with van der Waals surface area (Å²) in [6.07, 6.45) is 1.74. The first-order chi connectivity index (χ1) is 17.1. The van der Waals surface area contributed by atoms with Crippen molar-refractivity contribution in [2.45, 2.75) is 32.8 Å². The highest BCUT2D eigenvalue weighted by Crippen LogP contribution is 2.32. The van der Waals surface area contributed by atoms with Gasteiger partial charge < -0.3 is 4.74 Å². The molecular weight excluding hydrogens is 512 g/mol. The van der Waals surface area contributed by atoms with Crippen molar-refractivity contribution >= 4 is 57.8 Å². The van der Waals surface area contributed by atoms with Crippen molar-refractivity contribution < 1.29 is 14.3 Å². The minimum atomic E-state index is -0.468. The molecule has 1 N–H and O–H groups in total. The molecule has 4 rings (SSSR count). The van der Waals surface area contributed by atoms with Gasteiger partial charge in [-0.25, -0.2) is 0 Å². The van der Waals surface area contributed by atoms with E-state index in [1.165, 1.54) is 11.6 Å². The second kappa shape index (κ2) is 10.9. The molecule has 1 aliphatic heterocycles. The monoisotopic (exact) mass is 536 g/mol. The summed E-state index contributed by atoms with van der Waals surface area (Å²) < 4.78 is 6.16. The van der Waals surface area contributed by atoms with Gasteiger partial charge in [0, 0.05) is 10.6 Å². The summed E-state index contributed by atoms with van der Waals surface area (Å²) in [5, 5.41) is 1.51. The van der Waals surface area contributed by atoms with Crippen LogP contribution in [0.15, 0.2) is 77.7 Å². The van der Waals surface area contributed by atoms with Crippen LogP contribution in [0, 0.1) is 0 Å². The zero-order valence-electron chi connectivity index (χ0n) is 20.1. The van der Waals surface area contributed by atoms with E-state index >= 15 is 0 Å². The van der Waals surface area contributed by atoms with Crippen LogP contribution in [0.3, 0.4) is 0 Å². The number of amides is 2. The van der Waals surface area contributed by atoms with Crippen molar-refractivity contribution in [2.75, 3.05) is 0 Å². The molecule has 1 heterocycles. The van der Waals surface area contributed by atoms with Crippen LogP contribution in [0.5, 0.6) is 5.75 Å². The predicted octanol–water partition coefficient (Wildman–Crippen LogP) is 6.76. The maximum atomic E-state index is 12.9. The van der Waals surface area contributed by atoms with Gasteiger partial charge in [-0.1, -0.05) is 86.6 Å². The largest absolute Gasteiger partial charge is 0.489 e. The molecule has 0 spiro atoms. The quantitative estimate of drug-likeness (QED) is 0.278. The smallest absolute Gasteiger partial charge is 0.285 e. The topological polar surface area (TPSA) is 58.6 Å². The summed E-state index contributed by atoms with van der Waals surface area (Å²) in [5.74, 6) is -0.127. The number of hydrazine groups is 1. The first-order valence-corrected chi connectivity index (χ1v) is 12.9. The lowest BCUT2D eigenvalue weighted by atomic mass is 9.87. The van der Waals surface area contributed by atoms with Crippen LogP contribution in [0.25, 0.3) is 6.08 Å². The second-order valence-corrected chi connectivity index (χ2v) is 11.4. The molecule has 5 nitrogen and oxygen atoms in total. The number of benzene rings is 3. The maximum Gasteiger partial charge on any atom is 0.285 e. The summed E-state index contributed by atoms with van der Waals surface area (Å²) in [7, 11) is 0. The van der Waals surface area contributed by atoms with Crippen LogP contribution in [-0.2, 0) is 16.8 Å². The fourth-order valence-electron chi connectivity index (χ4n) is 3.44. The lowest BCUT2D eigenvalue weighted by Gasteiger charge is -2.19. The van der Waals surface area contributed by atoms with E-state index < -0.39 is 5.91 Å². The number of nitrogens with zero attached hydrogens (tertiary/aromatic N) is 1. The molecule has 0 aliphatic carbocycles. The number of thiocarbonyl (C=S) groups is 1. The van der Waals surface area contributed by atoms with E-state index in [0.717, 1.165) is 33.6 Å². The molecule has 1 fully saturated rings. The Morgan fingerprint density at radius 3 is 2.42 bits per heavy atom. The number of rotatable bonds is 6. The molecule has 0 atom stereocenters. The minimum Gasteiger partial charge on any atom is -0.489 e. The third-order valence-corrected chi connectivity index (χ3v) is 7.03. The van der Waals surface area contributed by atoms with Crippen molar-refractivity contribution in [1.29, 1.82) is 0 Å². The zero-order chi connectivity index (χ0) is 25.9. The molecule has 184 valence electrons. The average molecular weight is 537 g/mol. The Kier molecular flexibility index (Phi) is 7.83. The molecule has 0 unspecified atom stereocenters. The second-order valence-electron chi connectivity index (χ2n) is 9.27. The summed E-state index contributed by atoms with van der Waals surface area (Å²) in [6.45, 7) is 7.04. The first kappa shape index (κ1) is 25.9. The SMILES string of the molecule is CC(C)(C)c1ccc(COc2ccc(/C=C3/SC(=S)N(NC(=O)c4cccc(Cl)c4)C3=O)cc2)cc1. The fourth-order valence-corrected chi connectivity index (χ4v) is 4.81. The Balaban J connectivity index is 1.37. The third-order valence-electron chi connectivity index (χ3n) is 5.50. The van der Waals surface area contributed by atoms with Crippen molar-refractivity contribution in [1.82, 2.24) is 10.4 Å². The van der Waals surface area contributed by atoms with Gasteiger partial charge in [0.2, 0.25) is 0 Å². The first-order valence-electron chi connectivity index (χ1n) is 11.3. The fraction of sp³-hybridized carbons (Fsp3) is 0.179. The Labute approximate surface area is 225 Å². The lowest BCUT2D eigenvalue weighted by Crippen LogP contribution is -2.44. The molecule has 2 amide bonds. The van der Waals surface area contributed by atoms with Crippen molar-refractivity contribution in [2.24, 2.45) is 0 Å². The van der Waals surface area contributed by atoms with Crippen LogP contribution >= 0.6 is 35.6 Å². The Bertz CT molecular complexity index is 1330. The molecule has 1 aliphatic rings. The number of ether oxygens (including phenoxy) is 1. The standard InChI is InChI=1S/C28H25ClN2O3S2/c1-28(2,3)21-11-7-19(8-12-21)17-34-23-13-9-18(10-14-23)15-24-26(33)31(27(35)36-24)30-25(32)20-5-4-6-22(29)16-20/h4-16H,17H2,1-3H3,(H,30,32)/b24-15+. The molecule has 8 heteroatoms. The van der Waals surface area contributed by atoms with E-state index in [-0.39, 0.29) is 15.6 Å². The number of carbonyl (C=O) groups is 2. The number of thioether (sulfide) groups is 1. The molecular formula is C28H25ClN2O3S2. The van der Waals surface area contributed by atoms with Gasteiger partial charge in [-0.05, 0) is 70.7 Å². The summed E-state index contributed by atoms with van der Waals surface area (Å²) >= 11 is 12.4. The van der Waals surface area contributed by atoms with Crippen LogP contribution in [-0.4, -0.2) is 21.1 Å². The highest BCUT2D eigenvalue weighted by Gasteiger charge is 2.33. The number of hydrogen-bond acceptors (Lipinski definition) is 5. The molecule has 0 saturated carbocycles. The third kappa shape index (κ3) is 6.35. The van der Waals surface area contributed by atoms with E-state index in [1.54, 1.807) is 24.3 Å². The van der Waals surface area contributed by atoms with Gasteiger partial charge in [-0.3, -0.25) is 15.0 Å². The van der Waals surface area contributed by atoms with Crippen LogP contribution in [0.2, 0.25) is 5.02 Å². The zero-order valence-corrected chi connectivity index (χ0v) is 22.5. The summed E-state index contributed by atoms with van der Waals surface area (Å²) in [5.41, 5.74) is 6.20. The minimum absolute atomic E-state index is 0.116. The van der Waals surface area contributed by atoms with Crippen LogP contribution < -0.4 is 10.2 Å². The number of hydrogen-bond donors (Lipinski definition) is 1. The van der Waals surface area contributed by atoms with Crippen LogP contribution in [0.4, 0.5) is 0 Å². The Hall–Kier alpha value is -3.13. The molecule has 0 radical (unpaired) electrons. The highest BCUT2D eigenvalue weighted by molar-refractivity contribution is 8.26. The van der Waals surface area contributed by atoms with Crippen molar-refractivity contribution in [3.63, 3.8) is 0 Å². The number of halogens is 1. The van der Waals surface area contributed by atoms with Crippen molar-refractivity contribution in [3.05, 3.63) is 105 Å². The molecule has 0 bridgehead atoms. The van der Waals surface area contributed by atoms with E-state index in [0.29, 0.717) is 22.1 Å². The van der Waals surface area contributed by atoms with E-state index in [1.807, 2.05) is 24.3 Å². The van der Waals surface area contributed by atoms with Crippen LogP contribution in [0.1, 0.15) is 47.8 Å². The number of carbonyl (C=O) groups excluding carboxylic acids is 2. The van der Waals surface area contributed by atoms with E-state index in [4.69, 9.17) is 28.6 Å². The van der Waals surface area contributed by atoms with E-state index in [2.05, 4.69) is 50.5 Å². The van der Waals surface area contributed by atoms with E-state index in [9.17, 15) is 9.59 Å². The van der Waals surface area contributed by atoms with Crippen molar-refractivity contribution in [3.8, 4) is 5.75 Å².